The molecule has 4 heteroatoms. The predicted molar refractivity (Wildman–Crippen MR) is 80.7 cm³/mol. The smallest absolute Gasteiger partial charge is 0.294 e. The van der Waals surface area contributed by atoms with Crippen molar-refractivity contribution in [3.63, 3.8) is 0 Å². The first-order valence-corrected chi connectivity index (χ1v) is 6.38. The molecule has 0 aliphatic rings. The summed E-state index contributed by atoms with van der Waals surface area (Å²) in [6, 6.07) is 19.4. The maximum Gasteiger partial charge on any atom is 0.294 e. The van der Waals surface area contributed by atoms with E-state index in [1.165, 1.54) is 0 Å². The van der Waals surface area contributed by atoms with Gasteiger partial charge in [0.25, 0.3) is 5.56 Å². The molecular formula is C16H15N3O. The van der Waals surface area contributed by atoms with Crippen LogP contribution in [0.1, 0.15) is 0 Å². The second kappa shape index (κ2) is 4.74. The molecule has 3 rings (SSSR count). The Morgan fingerprint density at radius 2 is 1.35 bits per heavy atom. The lowest BCUT2D eigenvalue weighted by Gasteiger charge is -2.07. The number of nitrogens with two attached hydrogens (primary N) is 1. The van der Waals surface area contributed by atoms with Gasteiger partial charge in [0, 0.05) is 12.6 Å². The Hall–Kier alpha value is -2.75. The van der Waals surface area contributed by atoms with E-state index >= 15 is 0 Å². The molecule has 100 valence electrons. The highest BCUT2D eigenvalue weighted by Gasteiger charge is 2.19. The quantitative estimate of drug-likeness (QED) is 0.722. The normalized spacial score (nSPS) is 10.7. The van der Waals surface area contributed by atoms with Gasteiger partial charge in [-0.1, -0.05) is 60.7 Å². The van der Waals surface area contributed by atoms with Crippen molar-refractivity contribution in [3.8, 4) is 22.4 Å². The van der Waals surface area contributed by atoms with Gasteiger partial charge >= 0.3 is 0 Å². The second-order valence-corrected chi connectivity index (χ2v) is 4.63. The fourth-order valence-electron chi connectivity index (χ4n) is 2.41. The summed E-state index contributed by atoms with van der Waals surface area (Å²) in [4.78, 5) is 13.5. The SMILES string of the molecule is Cn1c(-c2ccccc2)c(-c2ccccc2)c(=O)n1N. The monoisotopic (exact) mass is 265 g/mol. The summed E-state index contributed by atoms with van der Waals surface area (Å²) in [5, 5.41) is 0. The zero-order valence-electron chi connectivity index (χ0n) is 11.2. The fourth-order valence-corrected chi connectivity index (χ4v) is 2.41. The molecular weight excluding hydrogens is 250 g/mol. The minimum atomic E-state index is -0.197. The van der Waals surface area contributed by atoms with Gasteiger partial charge in [-0.15, -0.1) is 0 Å². The summed E-state index contributed by atoms with van der Waals surface area (Å²) < 4.78 is 1.68. The number of rotatable bonds is 2. The number of aromatic nitrogens is 2. The lowest BCUT2D eigenvalue weighted by molar-refractivity contribution is 0.622. The minimum Gasteiger partial charge on any atom is -0.321 e. The highest BCUT2D eigenvalue weighted by molar-refractivity contribution is 5.80. The number of hydrogen-bond acceptors (Lipinski definition) is 2. The van der Waals surface area contributed by atoms with Crippen LogP contribution in [0.4, 0.5) is 0 Å². The van der Waals surface area contributed by atoms with Crippen molar-refractivity contribution >= 4 is 0 Å². The molecule has 0 saturated heterocycles. The van der Waals surface area contributed by atoms with Crippen LogP contribution in [0.2, 0.25) is 0 Å². The summed E-state index contributed by atoms with van der Waals surface area (Å²) in [5.74, 6) is 5.85. The average Bonchev–Trinajstić information content (AvgIpc) is 2.73. The Labute approximate surface area is 116 Å². The summed E-state index contributed by atoms with van der Waals surface area (Å²) in [5.41, 5.74) is 3.09. The predicted octanol–water partition coefficient (Wildman–Crippen LogP) is 2.23. The minimum absolute atomic E-state index is 0.197. The molecule has 2 N–H and O–H groups in total. The van der Waals surface area contributed by atoms with Gasteiger partial charge < -0.3 is 5.84 Å². The van der Waals surface area contributed by atoms with Crippen molar-refractivity contribution in [1.29, 1.82) is 0 Å². The molecule has 0 amide bonds. The zero-order chi connectivity index (χ0) is 14.1. The first-order valence-electron chi connectivity index (χ1n) is 6.38. The van der Waals surface area contributed by atoms with Crippen molar-refractivity contribution in [2.24, 2.45) is 7.05 Å². The summed E-state index contributed by atoms with van der Waals surface area (Å²) in [7, 11) is 1.79. The Morgan fingerprint density at radius 1 is 0.850 bits per heavy atom. The van der Waals surface area contributed by atoms with Crippen LogP contribution in [-0.4, -0.2) is 9.47 Å². The van der Waals surface area contributed by atoms with E-state index in [0.29, 0.717) is 5.56 Å². The highest BCUT2D eigenvalue weighted by atomic mass is 16.1. The van der Waals surface area contributed by atoms with Crippen LogP contribution in [0, 0.1) is 0 Å². The number of benzene rings is 2. The van der Waals surface area contributed by atoms with E-state index in [4.69, 9.17) is 5.84 Å². The third-order valence-electron chi connectivity index (χ3n) is 3.42. The van der Waals surface area contributed by atoms with E-state index < -0.39 is 0 Å². The van der Waals surface area contributed by atoms with Crippen molar-refractivity contribution in [3.05, 3.63) is 71.0 Å². The van der Waals surface area contributed by atoms with Gasteiger partial charge in [0.15, 0.2) is 0 Å². The van der Waals surface area contributed by atoms with E-state index in [9.17, 15) is 4.79 Å². The molecule has 3 aromatic rings. The van der Waals surface area contributed by atoms with E-state index in [1.807, 2.05) is 60.7 Å². The van der Waals surface area contributed by atoms with Crippen LogP contribution in [0.15, 0.2) is 65.5 Å². The molecule has 0 aliphatic heterocycles. The van der Waals surface area contributed by atoms with Crippen LogP contribution >= 0.6 is 0 Å². The van der Waals surface area contributed by atoms with Gasteiger partial charge in [-0.3, -0.25) is 9.48 Å². The third-order valence-corrected chi connectivity index (χ3v) is 3.42. The summed E-state index contributed by atoms with van der Waals surface area (Å²) >= 11 is 0. The molecule has 2 aromatic carbocycles. The molecule has 0 spiro atoms. The van der Waals surface area contributed by atoms with Crippen LogP contribution < -0.4 is 11.4 Å². The molecule has 0 saturated carbocycles. The second-order valence-electron chi connectivity index (χ2n) is 4.63. The van der Waals surface area contributed by atoms with E-state index in [-0.39, 0.29) is 5.56 Å². The van der Waals surface area contributed by atoms with Gasteiger partial charge in [-0.25, -0.2) is 0 Å². The molecule has 0 atom stereocenters. The number of nitrogens with zero attached hydrogens (tertiary/aromatic N) is 2. The maximum absolute atomic E-state index is 12.4. The standard InChI is InChI=1S/C16H15N3O/c1-18-15(13-10-6-3-7-11-13)14(16(20)19(18)17)12-8-4-2-5-9-12/h2-11H,17H2,1H3. The van der Waals surface area contributed by atoms with E-state index in [2.05, 4.69) is 0 Å². The maximum atomic E-state index is 12.4. The molecule has 4 nitrogen and oxygen atoms in total. The molecule has 20 heavy (non-hydrogen) atoms. The molecule has 0 unspecified atom stereocenters. The molecule has 0 radical (unpaired) electrons. The van der Waals surface area contributed by atoms with Crippen LogP contribution in [-0.2, 0) is 7.05 Å². The molecule has 0 bridgehead atoms. The van der Waals surface area contributed by atoms with Crippen molar-refractivity contribution in [2.45, 2.75) is 0 Å². The zero-order valence-corrected chi connectivity index (χ0v) is 11.2. The van der Waals surface area contributed by atoms with E-state index in [0.717, 1.165) is 21.6 Å². The molecule has 0 aliphatic carbocycles. The van der Waals surface area contributed by atoms with Gasteiger partial charge in [-0.05, 0) is 5.56 Å². The Balaban J connectivity index is 2.36. The fraction of sp³-hybridized carbons (Fsp3) is 0.0625. The average molecular weight is 265 g/mol. The largest absolute Gasteiger partial charge is 0.321 e. The Morgan fingerprint density at radius 3 is 1.90 bits per heavy atom. The summed E-state index contributed by atoms with van der Waals surface area (Å²) in [6.07, 6.45) is 0. The van der Waals surface area contributed by atoms with Crippen molar-refractivity contribution in [1.82, 2.24) is 9.47 Å². The van der Waals surface area contributed by atoms with E-state index in [1.54, 1.807) is 11.7 Å². The third kappa shape index (κ3) is 1.82. The molecule has 1 heterocycles. The van der Waals surface area contributed by atoms with Crippen LogP contribution in [0.3, 0.4) is 0 Å². The summed E-state index contributed by atoms with van der Waals surface area (Å²) in [6.45, 7) is 0. The lowest BCUT2D eigenvalue weighted by Crippen LogP contribution is -2.29. The topological polar surface area (TPSA) is 53.0 Å². The first kappa shape index (κ1) is 12.3. The van der Waals surface area contributed by atoms with Gasteiger partial charge in [0.05, 0.1) is 11.3 Å². The Bertz CT molecular complexity index is 786. The van der Waals surface area contributed by atoms with Crippen molar-refractivity contribution < 1.29 is 0 Å². The van der Waals surface area contributed by atoms with Crippen LogP contribution in [0.25, 0.3) is 22.4 Å². The lowest BCUT2D eigenvalue weighted by atomic mass is 10.0. The van der Waals surface area contributed by atoms with Gasteiger partial charge in [-0.2, -0.15) is 4.79 Å². The first-order chi connectivity index (χ1) is 9.70. The number of nitrogen functional groups attached to an aromatic ring is 1. The van der Waals surface area contributed by atoms with Crippen LogP contribution in [0.5, 0.6) is 0 Å². The highest BCUT2D eigenvalue weighted by Crippen LogP contribution is 2.28. The number of hydrogen-bond donors (Lipinski definition) is 1. The van der Waals surface area contributed by atoms with Crippen molar-refractivity contribution in [2.75, 3.05) is 5.84 Å². The molecule has 1 aromatic heterocycles. The Kier molecular flexibility index (Phi) is 2.91. The molecule has 0 fully saturated rings. The van der Waals surface area contributed by atoms with Gasteiger partial charge in [0.1, 0.15) is 0 Å². The van der Waals surface area contributed by atoms with Gasteiger partial charge in [0.2, 0.25) is 0 Å².